The summed E-state index contributed by atoms with van der Waals surface area (Å²) in [7, 11) is 0. The summed E-state index contributed by atoms with van der Waals surface area (Å²) in [6.45, 7) is 15.0. The minimum atomic E-state index is 1.12. The van der Waals surface area contributed by atoms with Crippen LogP contribution in [0.4, 0.5) is 0 Å². The van der Waals surface area contributed by atoms with E-state index in [-0.39, 0.29) is 0 Å². The van der Waals surface area contributed by atoms with E-state index >= 15 is 0 Å². The Morgan fingerprint density at radius 1 is 0.864 bits per heavy atom. The molecule has 2 heterocycles. The molecular formula is C20H34N2. The van der Waals surface area contributed by atoms with E-state index in [1.165, 1.54) is 55.4 Å². The van der Waals surface area contributed by atoms with Gasteiger partial charge in [-0.05, 0) is 56.4 Å². The van der Waals surface area contributed by atoms with E-state index < -0.39 is 0 Å². The quantitative estimate of drug-likeness (QED) is 0.728. The molecule has 1 aromatic heterocycles. The Hall–Kier alpha value is -1.28. The first kappa shape index (κ1) is 18.8. The summed E-state index contributed by atoms with van der Waals surface area (Å²) in [6.07, 6.45) is 6.41. The average molecular weight is 303 g/mol. The smallest absolute Gasteiger partial charge is 0.0480 e. The van der Waals surface area contributed by atoms with Crippen molar-refractivity contribution < 1.29 is 0 Å². The number of hydrogen-bond donors (Lipinski definition) is 0. The maximum absolute atomic E-state index is 2.60. The highest BCUT2D eigenvalue weighted by Gasteiger charge is 2.10. The number of hydrogen-bond acceptors (Lipinski definition) is 1. The van der Waals surface area contributed by atoms with E-state index in [2.05, 4.69) is 46.9 Å². The molecule has 2 heteroatoms. The van der Waals surface area contributed by atoms with Gasteiger partial charge in [-0.3, -0.25) is 0 Å². The van der Waals surface area contributed by atoms with E-state index in [9.17, 15) is 0 Å². The molecule has 0 aliphatic carbocycles. The fraction of sp³-hybridized carbons (Fsp3) is 0.600. The van der Waals surface area contributed by atoms with Crippen LogP contribution in [0.3, 0.4) is 0 Å². The highest BCUT2D eigenvalue weighted by Crippen LogP contribution is 2.17. The molecule has 0 amide bonds. The summed E-state index contributed by atoms with van der Waals surface area (Å²) < 4.78 is 2.39. The van der Waals surface area contributed by atoms with Gasteiger partial charge in [0.15, 0.2) is 0 Å². The minimum Gasteiger partial charge on any atom is -0.346 e. The monoisotopic (exact) mass is 302 g/mol. The summed E-state index contributed by atoms with van der Waals surface area (Å²) >= 11 is 0. The molecule has 3 rings (SSSR count). The van der Waals surface area contributed by atoms with Crippen LogP contribution in [0.25, 0.3) is 10.9 Å². The fourth-order valence-electron chi connectivity index (χ4n) is 2.95. The molecular weight excluding hydrogens is 268 g/mol. The summed E-state index contributed by atoms with van der Waals surface area (Å²) in [4.78, 5) is 2.60. The van der Waals surface area contributed by atoms with Gasteiger partial charge in [0.1, 0.15) is 0 Å². The molecule has 2 nitrogen and oxygen atoms in total. The van der Waals surface area contributed by atoms with Crippen LogP contribution in [0.15, 0.2) is 30.5 Å². The van der Waals surface area contributed by atoms with Crippen LogP contribution in [0.1, 0.15) is 52.5 Å². The topological polar surface area (TPSA) is 8.17 Å². The highest BCUT2D eigenvalue weighted by atomic mass is 15.1. The van der Waals surface area contributed by atoms with Gasteiger partial charge in [0.25, 0.3) is 0 Å². The number of rotatable bonds is 3. The Kier molecular flexibility index (Phi) is 8.91. The number of benzene rings is 1. The molecule has 0 spiro atoms. The van der Waals surface area contributed by atoms with Crippen LogP contribution in [-0.4, -0.2) is 29.1 Å². The van der Waals surface area contributed by atoms with Gasteiger partial charge >= 0.3 is 0 Å². The molecule has 0 N–H and O–H groups in total. The maximum Gasteiger partial charge on any atom is 0.0480 e. The van der Waals surface area contributed by atoms with E-state index in [4.69, 9.17) is 0 Å². The number of aryl methyl sites for hydroxylation is 1. The van der Waals surface area contributed by atoms with Crippen LogP contribution < -0.4 is 0 Å². The lowest BCUT2D eigenvalue weighted by molar-refractivity contribution is 0.221. The van der Waals surface area contributed by atoms with Crippen LogP contribution in [0, 0.1) is 6.92 Å². The SMILES string of the molecule is CC.CC.Cc1ccc2c(ccn2CCN2CCCCC2)c1. The highest BCUT2D eigenvalue weighted by molar-refractivity contribution is 5.80. The summed E-state index contributed by atoms with van der Waals surface area (Å²) in [6, 6.07) is 8.96. The largest absolute Gasteiger partial charge is 0.346 e. The number of fused-ring (bicyclic) bond motifs is 1. The van der Waals surface area contributed by atoms with Crippen molar-refractivity contribution in [3.8, 4) is 0 Å². The zero-order valence-electron chi connectivity index (χ0n) is 15.2. The predicted molar refractivity (Wildman–Crippen MR) is 99.7 cm³/mol. The van der Waals surface area contributed by atoms with E-state index in [1.54, 1.807) is 0 Å². The molecule has 0 saturated carbocycles. The molecule has 2 aromatic rings. The first-order valence-corrected chi connectivity index (χ1v) is 9.11. The van der Waals surface area contributed by atoms with Crippen molar-refractivity contribution in [2.45, 2.75) is 60.4 Å². The van der Waals surface area contributed by atoms with Gasteiger partial charge in [-0.2, -0.15) is 0 Å². The second-order valence-electron chi connectivity index (χ2n) is 5.47. The van der Waals surface area contributed by atoms with Gasteiger partial charge in [0, 0.05) is 24.8 Å². The second kappa shape index (κ2) is 10.4. The van der Waals surface area contributed by atoms with Crippen molar-refractivity contribution in [2.75, 3.05) is 19.6 Å². The first-order valence-electron chi connectivity index (χ1n) is 9.11. The number of likely N-dealkylation sites (tertiary alicyclic amines) is 1. The Bertz CT molecular complexity index is 521. The van der Waals surface area contributed by atoms with Gasteiger partial charge in [0.2, 0.25) is 0 Å². The van der Waals surface area contributed by atoms with Crippen molar-refractivity contribution in [3.05, 3.63) is 36.0 Å². The zero-order valence-corrected chi connectivity index (χ0v) is 15.2. The van der Waals surface area contributed by atoms with Crippen molar-refractivity contribution in [1.82, 2.24) is 9.47 Å². The van der Waals surface area contributed by atoms with Crippen molar-refractivity contribution in [1.29, 1.82) is 0 Å². The third-order valence-electron chi connectivity index (χ3n) is 4.03. The summed E-state index contributed by atoms with van der Waals surface area (Å²) in [5.41, 5.74) is 2.72. The first-order chi connectivity index (χ1) is 10.8. The van der Waals surface area contributed by atoms with Crippen molar-refractivity contribution >= 4 is 10.9 Å². The molecule has 0 radical (unpaired) electrons. The molecule has 124 valence electrons. The normalized spacial score (nSPS) is 14.8. The predicted octanol–water partition coefficient (Wildman–Crippen LogP) is 5.49. The summed E-state index contributed by atoms with van der Waals surface area (Å²) in [5, 5.41) is 1.37. The Labute approximate surface area is 137 Å². The molecule has 1 aliphatic rings. The van der Waals surface area contributed by atoms with Crippen molar-refractivity contribution in [2.24, 2.45) is 0 Å². The lowest BCUT2D eigenvalue weighted by atomic mass is 10.1. The Morgan fingerprint density at radius 2 is 1.55 bits per heavy atom. The molecule has 1 aromatic carbocycles. The second-order valence-corrected chi connectivity index (χ2v) is 5.47. The standard InChI is InChI=1S/C16H22N2.2C2H6/c1-14-5-6-16-15(13-14)7-10-18(16)12-11-17-8-3-2-4-9-17;2*1-2/h5-7,10,13H,2-4,8-9,11-12H2,1H3;2*1-2H3. The molecule has 1 aliphatic heterocycles. The van der Waals surface area contributed by atoms with Gasteiger partial charge < -0.3 is 9.47 Å². The Balaban J connectivity index is 0.000000561. The third kappa shape index (κ3) is 5.17. The van der Waals surface area contributed by atoms with Gasteiger partial charge in [-0.1, -0.05) is 45.7 Å². The summed E-state index contributed by atoms with van der Waals surface area (Å²) in [5.74, 6) is 0. The molecule has 22 heavy (non-hydrogen) atoms. The number of piperidine rings is 1. The van der Waals surface area contributed by atoms with E-state index in [1.807, 2.05) is 27.7 Å². The maximum atomic E-state index is 2.60. The average Bonchev–Trinajstić information content (AvgIpc) is 2.99. The molecule has 0 unspecified atom stereocenters. The third-order valence-corrected chi connectivity index (χ3v) is 4.03. The molecule has 0 bridgehead atoms. The number of nitrogens with zero attached hydrogens (tertiary/aromatic N) is 2. The van der Waals surface area contributed by atoms with Crippen LogP contribution in [-0.2, 0) is 6.54 Å². The van der Waals surface area contributed by atoms with Gasteiger partial charge in [-0.15, -0.1) is 0 Å². The molecule has 0 atom stereocenters. The van der Waals surface area contributed by atoms with E-state index in [0.717, 1.165) is 6.54 Å². The van der Waals surface area contributed by atoms with Crippen LogP contribution in [0.2, 0.25) is 0 Å². The lowest BCUT2D eigenvalue weighted by Crippen LogP contribution is -2.32. The zero-order chi connectivity index (χ0) is 16.4. The van der Waals surface area contributed by atoms with E-state index in [0.29, 0.717) is 0 Å². The molecule has 1 saturated heterocycles. The molecule has 1 fully saturated rings. The van der Waals surface area contributed by atoms with Crippen LogP contribution >= 0.6 is 0 Å². The number of aromatic nitrogens is 1. The fourth-order valence-corrected chi connectivity index (χ4v) is 2.95. The van der Waals surface area contributed by atoms with Gasteiger partial charge in [0.05, 0.1) is 0 Å². The van der Waals surface area contributed by atoms with Crippen LogP contribution in [0.5, 0.6) is 0 Å². The lowest BCUT2D eigenvalue weighted by Gasteiger charge is -2.26. The Morgan fingerprint density at radius 3 is 2.23 bits per heavy atom. The van der Waals surface area contributed by atoms with Gasteiger partial charge in [-0.25, -0.2) is 0 Å². The minimum absolute atomic E-state index is 1.12. The van der Waals surface area contributed by atoms with Crippen molar-refractivity contribution in [3.63, 3.8) is 0 Å².